The number of carbonyl (C=O) groups is 1. The zero-order chi connectivity index (χ0) is 14.9. The number of halogens is 1. The Kier molecular flexibility index (Phi) is 4.00. The van der Waals surface area contributed by atoms with E-state index in [1.54, 1.807) is 12.1 Å². The lowest BCUT2D eigenvalue weighted by molar-refractivity contribution is 0.0697. The number of aromatic carboxylic acids is 1. The number of carboxylic acid groups (broad SMARTS) is 1. The molecule has 0 radical (unpaired) electrons. The Morgan fingerprint density at radius 2 is 1.70 bits per heavy atom. The van der Waals surface area contributed by atoms with Crippen LogP contribution in [0.5, 0.6) is 0 Å². The third kappa shape index (κ3) is 2.94. The van der Waals surface area contributed by atoms with Crippen molar-refractivity contribution >= 4 is 28.9 Å². The number of hydrogen-bond acceptors (Lipinski definition) is 2. The van der Waals surface area contributed by atoms with Crippen LogP contribution >= 0.6 is 11.6 Å². The number of anilines is 2. The quantitative estimate of drug-likeness (QED) is 0.909. The molecule has 0 bridgehead atoms. The molecule has 1 N–H and O–H groups in total. The molecule has 2 aromatic rings. The Labute approximate surface area is 123 Å². The van der Waals surface area contributed by atoms with E-state index in [9.17, 15) is 4.79 Å². The van der Waals surface area contributed by atoms with E-state index in [4.69, 9.17) is 16.7 Å². The van der Waals surface area contributed by atoms with Crippen LogP contribution in [0.4, 0.5) is 11.4 Å². The fourth-order valence-corrected chi connectivity index (χ4v) is 2.50. The lowest BCUT2D eigenvalue weighted by Gasteiger charge is -2.22. The van der Waals surface area contributed by atoms with Gasteiger partial charge in [0, 0.05) is 12.7 Å². The standard InChI is InChI=1S/C16H16ClNO2/c1-10-6-11(2)8-13(7-10)18(3)15-5-4-12(16(19)20)9-14(15)17/h4-9H,1-3H3,(H,19,20). The fraction of sp³-hybridized carbons (Fsp3) is 0.188. The first kappa shape index (κ1) is 14.4. The smallest absolute Gasteiger partial charge is 0.335 e. The number of hydrogen-bond donors (Lipinski definition) is 1. The van der Waals surface area contributed by atoms with Gasteiger partial charge in [0.15, 0.2) is 0 Å². The van der Waals surface area contributed by atoms with Crippen molar-refractivity contribution in [3.05, 3.63) is 58.1 Å². The van der Waals surface area contributed by atoms with Gasteiger partial charge >= 0.3 is 5.97 Å². The average molecular weight is 290 g/mol. The Balaban J connectivity index is 2.42. The Bertz CT molecular complexity index is 647. The van der Waals surface area contributed by atoms with Gasteiger partial charge in [-0.25, -0.2) is 4.79 Å². The van der Waals surface area contributed by atoms with Crippen molar-refractivity contribution < 1.29 is 9.90 Å². The van der Waals surface area contributed by atoms with Crippen LogP contribution in [0.1, 0.15) is 21.5 Å². The monoisotopic (exact) mass is 289 g/mol. The second kappa shape index (κ2) is 5.55. The summed E-state index contributed by atoms with van der Waals surface area (Å²) in [6, 6.07) is 11.0. The molecule has 20 heavy (non-hydrogen) atoms. The topological polar surface area (TPSA) is 40.5 Å². The highest BCUT2D eigenvalue weighted by molar-refractivity contribution is 6.33. The number of benzene rings is 2. The van der Waals surface area contributed by atoms with Gasteiger partial charge in [0.05, 0.1) is 16.3 Å². The predicted molar refractivity (Wildman–Crippen MR) is 82.4 cm³/mol. The highest BCUT2D eigenvalue weighted by Crippen LogP contribution is 2.32. The maximum atomic E-state index is 10.9. The molecular weight excluding hydrogens is 274 g/mol. The van der Waals surface area contributed by atoms with Crippen molar-refractivity contribution in [1.82, 2.24) is 0 Å². The molecule has 0 amide bonds. The number of nitrogens with zero attached hydrogens (tertiary/aromatic N) is 1. The highest BCUT2D eigenvalue weighted by atomic mass is 35.5. The number of aryl methyl sites for hydroxylation is 2. The number of carboxylic acids is 1. The minimum atomic E-state index is -0.979. The van der Waals surface area contributed by atoms with E-state index in [-0.39, 0.29) is 5.56 Å². The first-order chi connectivity index (χ1) is 9.38. The maximum absolute atomic E-state index is 10.9. The molecule has 0 aliphatic carbocycles. The van der Waals surface area contributed by atoms with Crippen LogP contribution in [-0.4, -0.2) is 18.1 Å². The molecule has 0 saturated heterocycles. The summed E-state index contributed by atoms with van der Waals surface area (Å²) in [5, 5.41) is 9.38. The summed E-state index contributed by atoms with van der Waals surface area (Å²) in [6.45, 7) is 4.08. The molecule has 0 aromatic heterocycles. The third-order valence-electron chi connectivity index (χ3n) is 3.15. The summed E-state index contributed by atoms with van der Waals surface area (Å²) in [5.74, 6) is -0.979. The van der Waals surface area contributed by atoms with Crippen LogP contribution in [0.25, 0.3) is 0 Å². The fourth-order valence-electron chi connectivity index (χ4n) is 2.20. The molecule has 0 spiro atoms. The third-order valence-corrected chi connectivity index (χ3v) is 3.45. The lowest BCUT2D eigenvalue weighted by atomic mass is 10.1. The van der Waals surface area contributed by atoms with Gasteiger partial charge in [-0.05, 0) is 55.3 Å². The minimum Gasteiger partial charge on any atom is -0.478 e. The van der Waals surface area contributed by atoms with Gasteiger partial charge in [-0.1, -0.05) is 17.7 Å². The normalized spacial score (nSPS) is 10.4. The van der Waals surface area contributed by atoms with Crippen LogP contribution in [0.2, 0.25) is 5.02 Å². The zero-order valence-electron chi connectivity index (χ0n) is 11.6. The molecule has 2 aromatic carbocycles. The summed E-state index contributed by atoms with van der Waals surface area (Å²) in [6.07, 6.45) is 0. The molecule has 0 heterocycles. The summed E-state index contributed by atoms with van der Waals surface area (Å²) < 4.78 is 0. The van der Waals surface area contributed by atoms with Crippen molar-refractivity contribution in [2.45, 2.75) is 13.8 Å². The Morgan fingerprint density at radius 1 is 1.10 bits per heavy atom. The van der Waals surface area contributed by atoms with E-state index >= 15 is 0 Å². The van der Waals surface area contributed by atoms with Crippen molar-refractivity contribution in [1.29, 1.82) is 0 Å². The lowest BCUT2D eigenvalue weighted by Crippen LogP contribution is -2.11. The SMILES string of the molecule is Cc1cc(C)cc(N(C)c2ccc(C(=O)O)cc2Cl)c1. The van der Waals surface area contributed by atoms with Crippen LogP contribution in [0, 0.1) is 13.8 Å². The first-order valence-electron chi connectivity index (χ1n) is 6.23. The van der Waals surface area contributed by atoms with Crippen LogP contribution in [0.15, 0.2) is 36.4 Å². The molecular formula is C16H16ClNO2. The summed E-state index contributed by atoms with van der Waals surface area (Å²) in [7, 11) is 1.91. The van der Waals surface area contributed by atoms with Gasteiger partial charge in [0.2, 0.25) is 0 Å². The highest BCUT2D eigenvalue weighted by Gasteiger charge is 2.12. The zero-order valence-corrected chi connectivity index (χ0v) is 12.4. The van der Waals surface area contributed by atoms with Crippen molar-refractivity contribution in [3.8, 4) is 0 Å². The number of rotatable bonds is 3. The summed E-state index contributed by atoms with van der Waals surface area (Å²) >= 11 is 6.19. The summed E-state index contributed by atoms with van der Waals surface area (Å²) in [4.78, 5) is 12.9. The molecule has 0 aliphatic rings. The second-order valence-electron chi connectivity index (χ2n) is 4.88. The molecule has 4 heteroatoms. The van der Waals surface area contributed by atoms with E-state index in [1.165, 1.54) is 17.2 Å². The molecule has 0 atom stereocenters. The molecule has 0 unspecified atom stereocenters. The first-order valence-corrected chi connectivity index (χ1v) is 6.61. The molecule has 0 fully saturated rings. The van der Waals surface area contributed by atoms with E-state index in [0.29, 0.717) is 5.02 Å². The van der Waals surface area contributed by atoms with Crippen LogP contribution in [-0.2, 0) is 0 Å². The van der Waals surface area contributed by atoms with Gasteiger partial charge in [-0.2, -0.15) is 0 Å². The van der Waals surface area contributed by atoms with E-state index in [0.717, 1.165) is 11.4 Å². The molecule has 104 valence electrons. The summed E-state index contributed by atoms with van der Waals surface area (Å²) in [5.41, 5.74) is 4.33. The van der Waals surface area contributed by atoms with Gasteiger partial charge in [0.1, 0.15) is 0 Å². The predicted octanol–water partition coefficient (Wildman–Crippen LogP) is 4.42. The van der Waals surface area contributed by atoms with Crippen molar-refractivity contribution in [2.24, 2.45) is 0 Å². The molecule has 0 aliphatic heterocycles. The molecule has 2 rings (SSSR count). The van der Waals surface area contributed by atoms with Gasteiger partial charge in [0.25, 0.3) is 0 Å². The van der Waals surface area contributed by atoms with E-state index in [2.05, 4.69) is 18.2 Å². The average Bonchev–Trinajstić information content (AvgIpc) is 2.36. The molecule has 0 saturated carbocycles. The van der Waals surface area contributed by atoms with Crippen LogP contribution in [0.3, 0.4) is 0 Å². The molecule has 3 nitrogen and oxygen atoms in total. The minimum absolute atomic E-state index is 0.188. The van der Waals surface area contributed by atoms with E-state index < -0.39 is 5.97 Å². The van der Waals surface area contributed by atoms with Gasteiger partial charge in [-0.3, -0.25) is 0 Å². The largest absolute Gasteiger partial charge is 0.478 e. The maximum Gasteiger partial charge on any atom is 0.335 e. The van der Waals surface area contributed by atoms with E-state index in [1.807, 2.05) is 25.8 Å². The van der Waals surface area contributed by atoms with Crippen molar-refractivity contribution in [3.63, 3.8) is 0 Å². The van der Waals surface area contributed by atoms with Gasteiger partial charge in [-0.15, -0.1) is 0 Å². The Hall–Kier alpha value is -2.00. The Morgan fingerprint density at radius 3 is 2.20 bits per heavy atom. The van der Waals surface area contributed by atoms with Crippen molar-refractivity contribution in [2.75, 3.05) is 11.9 Å². The van der Waals surface area contributed by atoms with Crippen LogP contribution < -0.4 is 4.90 Å². The van der Waals surface area contributed by atoms with Gasteiger partial charge < -0.3 is 10.0 Å². The second-order valence-corrected chi connectivity index (χ2v) is 5.28.